The molecule has 2 rings (SSSR count). The topological polar surface area (TPSA) is 50.9 Å². The van der Waals surface area contributed by atoms with Gasteiger partial charge in [-0.1, -0.05) is 24.3 Å². The molecule has 0 amide bonds. The van der Waals surface area contributed by atoms with Gasteiger partial charge in [-0.15, -0.1) is 0 Å². The lowest BCUT2D eigenvalue weighted by Crippen LogP contribution is -2.10. The number of aromatic nitrogens is 1. The van der Waals surface area contributed by atoms with Gasteiger partial charge in [0.2, 0.25) is 0 Å². The van der Waals surface area contributed by atoms with Crippen LogP contribution in [0, 0.1) is 0 Å². The molecule has 0 saturated heterocycles. The highest BCUT2D eigenvalue weighted by atomic mass is 19.4. The van der Waals surface area contributed by atoms with Gasteiger partial charge in [-0.05, 0) is 23.8 Å². The lowest BCUT2D eigenvalue weighted by molar-refractivity contribution is -0.141. The van der Waals surface area contributed by atoms with Crippen LogP contribution in [0.4, 0.5) is 24.7 Å². The molecule has 0 aliphatic rings. The third-order valence-corrected chi connectivity index (χ3v) is 2.55. The highest BCUT2D eigenvalue weighted by Crippen LogP contribution is 2.28. The first-order chi connectivity index (χ1) is 8.97. The molecule has 1 aromatic carbocycles. The number of halogens is 3. The number of pyridine rings is 1. The number of nitrogen functional groups attached to an aromatic ring is 1. The predicted molar refractivity (Wildman–Crippen MR) is 67.4 cm³/mol. The lowest BCUT2D eigenvalue weighted by atomic mass is 10.2. The van der Waals surface area contributed by atoms with Crippen LogP contribution in [-0.2, 0) is 12.7 Å². The largest absolute Gasteiger partial charge is 0.433 e. The van der Waals surface area contributed by atoms with Crippen LogP contribution in [0.25, 0.3) is 0 Å². The Bertz CT molecular complexity index is 567. The summed E-state index contributed by atoms with van der Waals surface area (Å²) in [4.78, 5) is 3.51. The number of para-hydroxylation sites is 1. The smallest absolute Gasteiger partial charge is 0.398 e. The molecule has 0 fully saturated rings. The van der Waals surface area contributed by atoms with Crippen LogP contribution in [0.15, 0.2) is 42.5 Å². The van der Waals surface area contributed by atoms with E-state index < -0.39 is 11.9 Å². The average molecular weight is 267 g/mol. The van der Waals surface area contributed by atoms with Gasteiger partial charge in [0.1, 0.15) is 11.5 Å². The maximum Gasteiger partial charge on any atom is 0.433 e. The number of benzene rings is 1. The van der Waals surface area contributed by atoms with Crippen LogP contribution in [0.3, 0.4) is 0 Å². The number of rotatable bonds is 3. The fourth-order valence-corrected chi connectivity index (χ4v) is 1.57. The van der Waals surface area contributed by atoms with E-state index in [1.807, 2.05) is 6.07 Å². The summed E-state index contributed by atoms with van der Waals surface area (Å²) < 4.78 is 37.5. The second-order valence-corrected chi connectivity index (χ2v) is 3.96. The van der Waals surface area contributed by atoms with Crippen molar-refractivity contribution in [2.24, 2.45) is 0 Å². The first-order valence-corrected chi connectivity index (χ1v) is 5.58. The van der Waals surface area contributed by atoms with Crippen molar-refractivity contribution in [3.05, 3.63) is 53.7 Å². The Kier molecular flexibility index (Phi) is 3.59. The molecular weight excluding hydrogens is 255 g/mol. The molecule has 19 heavy (non-hydrogen) atoms. The first-order valence-electron chi connectivity index (χ1n) is 5.58. The molecule has 1 aromatic heterocycles. The van der Waals surface area contributed by atoms with Gasteiger partial charge in [-0.3, -0.25) is 0 Å². The summed E-state index contributed by atoms with van der Waals surface area (Å²) in [5.74, 6) is 0.165. The third kappa shape index (κ3) is 3.37. The van der Waals surface area contributed by atoms with Crippen molar-refractivity contribution in [3.63, 3.8) is 0 Å². The molecule has 0 spiro atoms. The molecule has 0 aliphatic heterocycles. The zero-order chi connectivity index (χ0) is 13.9. The van der Waals surface area contributed by atoms with Gasteiger partial charge in [-0.2, -0.15) is 13.2 Å². The molecule has 0 radical (unpaired) electrons. The van der Waals surface area contributed by atoms with Gasteiger partial charge in [0.05, 0.1) is 0 Å². The van der Waals surface area contributed by atoms with E-state index in [4.69, 9.17) is 5.73 Å². The molecule has 100 valence electrons. The molecule has 1 heterocycles. The van der Waals surface area contributed by atoms with Crippen LogP contribution in [0.2, 0.25) is 0 Å². The summed E-state index contributed by atoms with van der Waals surface area (Å²) in [6, 6.07) is 10.9. The molecule has 0 atom stereocenters. The Morgan fingerprint density at radius 3 is 2.47 bits per heavy atom. The molecule has 2 aromatic rings. The van der Waals surface area contributed by atoms with E-state index in [0.717, 1.165) is 11.6 Å². The van der Waals surface area contributed by atoms with Crippen molar-refractivity contribution in [1.82, 2.24) is 4.98 Å². The van der Waals surface area contributed by atoms with Gasteiger partial charge in [0.25, 0.3) is 0 Å². The van der Waals surface area contributed by atoms with E-state index in [2.05, 4.69) is 10.3 Å². The van der Waals surface area contributed by atoms with Crippen LogP contribution >= 0.6 is 0 Å². The molecule has 0 aliphatic carbocycles. The van der Waals surface area contributed by atoms with Crippen LogP contribution in [0.1, 0.15) is 11.3 Å². The lowest BCUT2D eigenvalue weighted by Gasteiger charge is -2.10. The van der Waals surface area contributed by atoms with Gasteiger partial charge >= 0.3 is 6.18 Å². The maximum absolute atomic E-state index is 12.5. The average Bonchev–Trinajstić information content (AvgIpc) is 2.37. The normalized spacial score (nSPS) is 11.3. The Labute approximate surface area is 108 Å². The summed E-state index contributed by atoms with van der Waals surface area (Å²) in [5.41, 5.74) is 6.22. The third-order valence-electron chi connectivity index (χ3n) is 2.55. The Hall–Kier alpha value is -2.24. The quantitative estimate of drug-likeness (QED) is 0.839. The van der Waals surface area contributed by atoms with Gasteiger partial charge in [0, 0.05) is 12.2 Å². The molecule has 6 heteroatoms. The fraction of sp³-hybridized carbons (Fsp3) is 0.154. The van der Waals surface area contributed by atoms with Crippen molar-refractivity contribution in [1.29, 1.82) is 0 Å². The molecule has 3 N–H and O–H groups in total. The minimum Gasteiger partial charge on any atom is -0.398 e. The number of alkyl halides is 3. The van der Waals surface area contributed by atoms with Gasteiger partial charge in [-0.25, -0.2) is 4.98 Å². The minimum absolute atomic E-state index is 0.165. The maximum atomic E-state index is 12.5. The second kappa shape index (κ2) is 5.17. The van der Waals surface area contributed by atoms with E-state index >= 15 is 0 Å². The SMILES string of the molecule is Nc1ccccc1CNc1cccc(C(F)(F)F)n1. The van der Waals surface area contributed by atoms with Crippen LogP contribution < -0.4 is 11.1 Å². The van der Waals surface area contributed by atoms with Crippen molar-refractivity contribution < 1.29 is 13.2 Å². The number of nitrogens with two attached hydrogens (primary N) is 1. The highest BCUT2D eigenvalue weighted by molar-refractivity contribution is 5.48. The van der Waals surface area contributed by atoms with E-state index in [-0.39, 0.29) is 5.82 Å². The molecule has 0 saturated carbocycles. The summed E-state index contributed by atoms with van der Waals surface area (Å²) >= 11 is 0. The van der Waals surface area contributed by atoms with Crippen LogP contribution in [-0.4, -0.2) is 4.98 Å². The van der Waals surface area contributed by atoms with Gasteiger partial charge in [0.15, 0.2) is 0 Å². The highest BCUT2D eigenvalue weighted by Gasteiger charge is 2.32. The molecular formula is C13H12F3N3. The number of nitrogens with one attached hydrogen (secondary N) is 1. The van der Waals surface area contributed by atoms with Crippen molar-refractivity contribution in [2.45, 2.75) is 12.7 Å². The van der Waals surface area contributed by atoms with Crippen molar-refractivity contribution in [3.8, 4) is 0 Å². The molecule has 0 bridgehead atoms. The zero-order valence-corrected chi connectivity index (χ0v) is 9.91. The summed E-state index contributed by atoms with van der Waals surface area (Å²) in [7, 11) is 0. The van der Waals surface area contributed by atoms with E-state index in [1.54, 1.807) is 18.2 Å². The minimum atomic E-state index is -4.44. The standard InChI is InChI=1S/C13H12F3N3/c14-13(15,16)11-6-3-7-12(19-11)18-8-9-4-1-2-5-10(9)17/h1-7H,8,17H2,(H,18,19). The van der Waals surface area contributed by atoms with E-state index in [9.17, 15) is 13.2 Å². The number of anilines is 2. The summed E-state index contributed by atoms with van der Waals surface area (Å²) in [5, 5.41) is 2.82. The monoisotopic (exact) mass is 267 g/mol. The molecule has 0 unspecified atom stereocenters. The Morgan fingerprint density at radius 1 is 1.05 bits per heavy atom. The first kappa shape index (κ1) is 13.2. The van der Waals surface area contributed by atoms with Crippen molar-refractivity contribution in [2.75, 3.05) is 11.1 Å². The predicted octanol–water partition coefficient (Wildman–Crippen LogP) is 3.29. The summed E-state index contributed by atoms with van der Waals surface area (Å²) in [6.45, 7) is 0.320. The number of nitrogens with zero attached hydrogens (tertiary/aromatic N) is 1. The summed E-state index contributed by atoms with van der Waals surface area (Å²) in [6.07, 6.45) is -4.44. The Morgan fingerprint density at radius 2 is 1.79 bits per heavy atom. The fourth-order valence-electron chi connectivity index (χ4n) is 1.57. The van der Waals surface area contributed by atoms with E-state index in [0.29, 0.717) is 12.2 Å². The zero-order valence-electron chi connectivity index (χ0n) is 9.91. The van der Waals surface area contributed by atoms with E-state index in [1.165, 1.54) is 12.1 Å². The second-order valence-electron chi connectivity index (χ2n) is 3.96. The number of hydrogen-bond donors (Lipinski definition) is 2. The van der Waals surface area contributed by atoms with Gasteiger partial charge < -0.3 is 11.1 Å². The Balaban J connectivity index is 2.10. The number of hydrogen-bond acceptors (Lipinski definition) is 3. The van der Waals surface area contributed by atoms with Crippen LogP contribution in [0.5, 0.6) is 0 Å². The molecule has 3 nitrogen and oxygen atoms in total. The van der Waals surface area contributed by atoms with Crippen molar-refractivity contribution >= 4 is 11.5 Å².